The molecule has 0 aliphatic carbocycles. The Morgan fingerprint density at radius 1 is 1.32 bits per heavy atom. The van der Waals surface area contributed by atoms with Crippen LogP contribution in [0.5, 0.6) is 5.75 Å². The highest BCUT2D eigenvalue weighted by Crippen LogP contribution is 2.34. The lowest BCUT2D eigenvalue weighted by molar-refractivity contribution is -0.118. The minimum Gasteiger partial charge on any atom is -0.493 e. The summed E-state index contributed by atoms with van der Waals surface area (Å²) in [4.78, 5) is 30.0. The first-order valence-corrected chi connectivity index (χ1v) is 10.6. The number of pyridine rings is 1. The van der Waals surface area contributed by atoms with Gasteiger partial charge in [-0.2, -0.15) is 0 Å². The molecule has 0 saturated carbocycles. The van der Waals surface area contributed by atoms with Crippen LogP contribution in [0.1, 0.15) is 43.4 Å². The Bertz CT molecular complexity index is 1220. The first-order chi connectivity index (χ1) is 14.9. The van der Waals surface area contributed by atoms with E-state index < -0.39 is 0 Å². The molecule has 0 saturated heterocycles. The van der Waals surface area contributed by atoms with Gasteiger partial charge in [0.05, 0.1) is 23.8 Å². The van der Waals surface area contributed by atoms with E-state index in [9.17, 15) is 9.59 Å². The van der Waals surface area contributed by atoms with Crippen LogP contribution in [-0.2, 0) is 11.2 Å². The predicted octanol–water partition coefficient (Wildman–Crippen LogP) is 4.77. The zero-order chi connectivity index (χ0) is 22.1. The van der Waals surface area contributed by atoms with Crippen molar-refractivity contribution in [2.75, 3.05) is 6.61 Å². The maximum atomic E-state index is 13.5. The van der Waals surface area contributed by atoms with Crippen LogP contribution in [0.3, 0.4) is 0 Å². The number of benzene rings is 1. The van der Waals surface area contributed by atoms with Crippen molar-refractivity contribution in [2.24, 2.45) is 5.92 Å². The third-order valence-electron chi connectivity index (χ3n) is 5.62. The number of nitrogens with one attached hydrogen (secondary N) is 2. The van der Waals surface area contributed by atoms with Crippen LogP contribution >= 0.6 is 11.6 Å². The van der Waals surface area contributed by atoms with Crippen molar-refractivity contribution in [1.82, 2.24) is 15.2 Å². The summed E-state index contributed by atoms with van der Waals surface area (Å²) in [7, 11) is 0. The Morgan fingerprint density at radius 2 is 2.13 bits per heavy atom. The Hall–Kier alpha value is -3.12. The fraction of sp³-hybridized carbons (Fsp3) is 0.292. The zero-order valence-corrected chi connectivity index (χ0v) is 18.4. The molecule has 6 nitrogen and oxygen atoms in total. The number of nitrogens with zero attached hydrogens (tertiary/aromatic N) is 1. The smallest absolute Gasteiger partial charge is 0.273 e. The Kier molecular flexibility index (Phi) is 5.83. The number of carbonyl (C=O) groups is 1. The van der Waals surface area contributed by atoms with Crippen molar-refractivity contribution in [3.8, 4) is 17.0 Å². The van der Waals surface area contributed by atoms with E-state index in [0.29, 0.717) is 34.9 Å². The number of aromatic amines is 2. The van der Waals surface area contributed by atoms with Crippen LogP contribution in [0.2, 0.25) is 5.02 Å². The van der Waals surface area contributed by atoms with Gasteiger partial charge in [-0.15, -0.1) is 0 Å². The fourth-order valence-electron chi connectivity index (χ4n) is 4.00. The third kappa shape index (κ3) is 4.08. The van der Waals surface area contributed by atoms with Crippen molar-refractivity contribution in [3.05, 3.63) is 74.8 Å². The van der Waals surface area contributed by atoms with E-state index in [2.05, 4.69) is 29.0 Å². The van der Waals surface area contributed by atoms with Crippen LogP contribution < -0.4 is 10.3 Å². The average Bonchev–Trinajstić information content (AvgIpc) is 3.19. The highest BCUT2D eigenvalue weighted by atomic mass is 35.5. The van der Waals surface area contributed by atoms with Gasteiger partial charge < -0.3 is 9.84 Å². The van der Waals surface area contributed by atoms with Gasteiger partial charge in [-0.1, -0.05) is 31.5 Å². The van der Waals surface area contributed by atoms with Gasteiger partial charge >= 0.3 is 0 Å². The zero-order valence-electron chi connectivity index (χ0n) is 17.7. The van der Waals surface area contributed by atoms with Gasteiger partial charge in [0.25, 0.3) is 5.56 Å². The molecule has 3 heterocycles. The van der Waals surface area contributed by atoms with Crippen LogP contribution in [0.15, 0.2) is 47.5 Å². The largest absolute Gasteiger partial charge is 0.493 e. The maximum absolute atomic E-state index is 13.5. The molecule has 0 radical (unpaired) electrons. The van der Waals surface area contributed by atoms with Crippen molar-refractivity contribution >= 4 is 23.0 Å². The summed E-state index contributed by atoms with van der Waals surface area (Å²) in [5.41, 5.74) is 4.12. The van der Waals surface area contributed by atoms with E-state index in [0.717, 1.165) is 22.4 Å². The van der Waals surface area contributed by atoms with Gasteiger partial charge in [0, 0.05) is 28.6 Å². The number of hydrogen-bond acceptors (Lipinski definition) is 4. The monoisotopic (exact) mass is 437 g/mol. The standard InChI is InChI=1S/C24H24ClN3O3/c1-4-17(23(29)15-7-14-8-16(25)5-6-22(14)31-12-15)19-10-26-21(9-18(19)13(2)3)20-11-27-28-24(20)30/h4-6,8-11,13,15H,7,12H2,1-3H3,(H2,27,28,30)/b17-4+/t15-/m0/s1. The maximum Gasteiger partial charge on any atom is 0.273 e. The molecule has 0 spiro atoms. The topological polar surface area (TPSA) is 87.8 Å². The first kappa shape index (κ1) is 21.1. The minimum atomic E-state index is -0.302. The Balaban J connectivity index is 1.68. The number of rotatable bonds is 5. The molecule has 1 atom stereocenters. The van der Waals surface area contributed by atoms with Gasteiger partial charge in [0.15, 0.2) is 5.78 Å². The molecule has 7 heteroatoms. The second kappa shape index (κ2) is 8.55. The lowest BCUT2D eigenvalue weighted by Gasteiger charge is -2.26. The molecule has 0 unspecified atom stereocenters. The van der Waals surface area contributed by atoms with Gasteiger partial charge in [-0.05, 0) is 54.7 Å². The lowest BCUT2D eigenvalue weighted by Crippen LogP contribution is -2.29. The predicted molar refractivity (Wildman–Crippen MR) is 122 cm³/mol. The Labute approximate surface area is 185 Å². The van der Waals surface area contributed by atoms with Gasteiger partial charge in [0.2, 0.25) is 0 Å². The molecule has 2 N–H and O–H groups in total. The molecule has 31 heavy (non-hydrogen) atoms. The lowest BCUT2D eigenvalue weighted by atomic mass is 9.84. The number of ether oxygens (including phenoxy) is 1. The molecular weight excluding hydrogens is 414 g/mol. The summed E-state index contributed by atoms with van der Waals surface area (Å²) in [6.07, 6.45) is 5.70. The summed E-state index contributed by atoms with van der Waals surface area (Å²) in [6.45, 7) is 6.30. The molecule has 160 valence electrons. The van der Waals surface area contributed by atoms with E-state index in [4.69, 9.17) is 16.3 Å². The van der Waals surface area contributed by atoms with Gasteiger partial charge in [0.1, 0.15) is 5.75 Å². The summed E-state index contributed by atoms with van der Waals surface area (Å²) < 4.78 is 5.84. The number of aromatic nitrogens is 3. The number of Topliss-reactive ketones (excluding diaryl/α,β-unsaturated/α-hetero) is 1. The fourth-order valence-corrected chi connectivity index (χ4v) is 4.19. The SMILES string of the molecule is C/C=C(/C(=O)[C@@H]1COc2ccc(Cl)cc2C1)c1cnc(-c2c[nH][nH]c2=O)cc1C(C)C. The number of hydrogen-bond donors (Lipinski definition) is 2. The number of fused-ring (bicyclic) bond motifs is 1. The highest BCUT2D eigenvalue weighted by molar-refractivity contribution is 6.30. The summed E-state index contributed by atoms with van der Waals surface area (Å²) in [5, 5.41) is 5.86. The molecule has 2 aromatic heterocycles. The van der Waals surface area contributed by atoms with Crippen LogP contribution in [-0.4, -0.2) is 27.6 Å². The minimum absolute atomic E-state index is 0.0177. The second-order valence-corrected chi connectivity index (χ2v) is 8.44. The number of allylic oxidation sites excluding steroid dienone is 2. The summed E-state index contributed by atoms with van der Waals surface area (Å²) in [6, 6.07) is 7.38. The van der Waals surface area contributed by atoms with Crippen LogP contribution in [0.4, 0.5) is 0 Å². The van der Waals surface area contributed by atoms with E-state index in [-0.39, 0.29) is 23.2 Å². The number of halogens is 1. The van der Waals surface area contributed by atoms with Gasteiger partial charge in [-0.3, -0.25) is 19.7 Å². The molecule has 1 aromatic carbocycles. The van der Waals surface area contributed by atoms with Crippen LogP contribution in [0.25, 0.3) is 16.8 Å². The number of H-pyrrole nitrogens is 2. The van der Waals surface area contributed by atoms with E-state index in [1.165, 1.54) is 0 Å². The quantitative estimate of drug-likeness (QED) is 0.563. The molecule has 0 fully saturated rings. The van der Waals surface area contributed by atoms with Gasteiger partial charge in [-0.25, -0.2) is 0 Å². The summed E-state index contributed by atoms with van der Waals surface area (Å²) in [5.74, 6) is 0.634. The van der Waals surface area contributed by atoms with Crippen molar-refractivity contribution < 1.29 is 9.53 Å². The highest BCUT2D eigenvalue weighted by Gasteiger charge is 2.30. The molecule has 4 rings (SSSR count). The number of ketones is 1. The summed E-state index contributed by atoms with van der Waals surface area (Å²) >= 11 is 6.13. The molecule has 1 aliphatic heterocycles. The molecule has 1 aliphatic rings. The van der Waals surface area contributed by atoms with Crippen molar-refractivity contribution in [3.63, 3.8) is 0 Å². The first-order valence-electron chi connectivity index (χ1n) is 10.3. The Morgan fingerprint density at radius 3 is 2.81 bits per heavy atom. The molecule has 0 bridgehead atoms. The van der Waals surface area contributed by atoms with Crippen LogP contribution in [0, 0.1) is 5.92 Å². The third-order valence-corrected chi connectivity index (χ3v) is 5.86. The van der Waals surface area contributed by atoms with Crippen molar-refractivity contribution in [1.29, 1.82) is 0 Å². The normalized spacial score (nSPS) is 16.2. The molecule has 3 aromatic rings. The van der Waals surface area contributed by atoms with E-state index >= 15 is 0 Å². The van der Waals surface area contributed by atoms with E-state index in [1.54, 1.807) is 18.5 Å². The molecular formula is C24H24ClN3O3. The molecule has 0 amide bonds. The second-order valence-electron chi connectivity index (χ2n) is 8.00. The number of carbonyl (C=O) groups excluding carboxylic acids is 1. The average molecular weight is 438 g/mol. The van der Waals surface area contributed by atoms with Crippen molar-refractivity contribution in [2.45, 2.75) is 33.1 Å². The van der Waals surface area contributed by atoms with E-state index in [1.807, 2.05) is 31.2 Å².